The number of aryl methyl sites for hydroxylation is 2. The molecule has 0 atom stereocenters. The summed E-state index contributed by atoms with van der Waals surface area (Å²) in [5.41, 5.74) is 12.6. The van der Waals surface area contributed by atoms with Gasteiger partial charge in [0.05, 0.1) is 17.1 Å². The van der Waals surface area contributed by atoms with Gasteiger partial charge in [-0.2, -0.15) is 0 Å². The van der Waals surface area contributed by atoms with Crippen LogP contribution in [0, 0.1) is 6.92 Å². The molecule has 0 saturated carbocycles. The van der Waals surface area contributed by atoms with Crippen molar-refractivity contribution in [1.82, 2.24) is 9.38 Å². The van der Waals surface area contributed by atoms with Crippen LogP contribution in [0.4, 0.5) is 0 Å². The minimum Gasteiger partial charge on any atom is -0.384 e. The van der Waals surface area contributed by atoms with Gasteiger partial charge in [0.1, 0.15) is 17.8 Å². The second-order valence-corrected chi connectivity index (χ2v) is 6.24. The van der Waals surface area contributed by atoms with Crippen molar-refractivity contribution in [2.45, 2.75) is 27.2 Å². The van der Waals surface area contributed by atoms with Gasteiger partial charge < -0.3 is 5.73 Å². The van der Waals surface area contributed by atoms with Crippen LogP contribution in [0.3, 0.4) is 0 Å². The Labute approximate surface area is 153 Å². The fourth-order valence-corrected chi connectivity index (χ4v) is 2.82. The first-order valence-electron chi connectivity index (χ1n) is 8.59. The van der Waals surface area contributed by atoms with Gasteiger partial charge in [-0.25, -0.2) is 15.0 Å². The van der Waals surface area contributed by atoms with Gasteiger partial charge >= 0.3 is 0 Å². The molecule has 26 heavy (non-hydrogen) atoms. The van der Waals surface area contributed by atoms with Crippen molar-refractivity contribution >= 4 is 17.7 Å². The molecule has 2 N–H and O–H groups in total. The fourth-order valence-electron chi connectivity index (χ4n) is 2.82. The minimum absolute atomic E-state index is 0.228. The molecule has 2 aromatic heterocycles. The maximum absolute atomic E-state index is 5.48. The van der Waals surface area contributed by atoms with Crippen molar-refractivity contribution in [3.63, 3.8) is 0 Å². The number of benzene rings is 1. The van der Waals surface area contributed by atoms with Gasteiger partial charge in [0, 0.05) is 11.8 Å². The molecule has 3 rings (SSSR count). The van der Waals surface area contributed by atoms with E-state index in [0.29, 0.717) is 0 Å². The quantitative estimate of drug-likeness (QED) is 0.558. The standard InChI is InChI=1S/C21H23N5/c1-5-17-10-11-26-19(12-17)25-20(18-8-6-14(2)7-9-18)21(26)15(3)23-13-24-16(4)22/h6-13H,4-5,22H2,1-3H3/b23-15?,24-13-. The van der Waals surface area contributed by atoms with Gasteiger partial charge in [-0.15, -0.1) is 0 Å². The zero-order valence-electron chi connectivity index (χ0n) is 15.4. The van der Waals surface area contributed by atoms with Crippen LogP contribution in [0.15, 0.2) is 65.0 Å². The number of fused-ring (bicyclic) bond motifs is 1. The Morgan fingerprint density at radius 2 is 2.00 bits per heavy atom. The number of nitrogens with zero attached hydrogens (tertiary/aromatic N) is 4. The van der Waals surface area contributed by atoms with E-state index in [-0.39, 0.29) is 5.82 Å². The normalized spacial score (nSPS) is 12.2. The van der Waals surface area contributed by atoms with E-state index >= 15 is 0 Å². The van der Waals surface area contributed by atoms with Crippen LogP contribution in [-0.2, 0) is 6.42 Å². The van der Waals surface area contributed by atoms with Gasteiger partial charge in [-0.1, -0.05) is 43.3 Å². The Balaban J connectivity index is 2.21. The fraction of sp³-hybridized carbons (Fsp3) is 0.190. The molecular formula is C21H23N5. The summed E-state index contributed by atoms with van der Waals surface area (Å²) in [6, 6.07) is 12.6. The average Bonchev–Trinajstić information content (AvgIpc) is 3.00. The number of rotatable bonds is 5. The highest BCUT2D eigenvalue weighted by Crippen LogP contribution is 2.26. The van der Waals surface area contributed by atoms with Gasteiger partial charge in [0.2, 0.25) is 0 Å². The van der Waals surface area contributed by atoms with E-state index in [4.69, 9.17) is 10.7 Å². The van der Waals surface area contributed by atoms with Crippen molar-refractivity contribution in [3.8, 4) is 11.3 Å². The molecule has 132 valence electrons. The number of hydrogen-bond acceptors (Lipinski definition) is 3. The van der Waals surface area contributed by atoms with Crippen LogP contribution in [0.1, 0.15) is 30.7 Å². The molecule has 5 nitrogen and oxygen atoms in total. The second kappa shape index (κ2) is 7.35. The molecule has 2 heterocycles. The summed E-state index contributed by atoms with van der Waals surface area (Å²) in [6.45, 7) is 9.71. The Morgan fingerprint density at radius 1 is 1.27 bits per heavy atom. The number of pyridine rings is 1. The molecule has 0 aliphatic heterocycles. The Morgan fingerprint density at radius 3 is 2.65 bits per heavy atom. The smallest absolute Gasteiger partial charge is 0.138 e. The average molecular weight is 345 g/mol. The van der Waals surface area contributed by atoms with Crippen molar-refractivity contribution < 1.29 is 0 Å². The van der Waals surface area contributed by atoms with Crippen LogP contribution in [-0.4, -0.2) is 21.4 Å². The maximum atomic E-state index is 5.48. The highest BCUT2D eigenvalue weighted by molar-refractivity contribution is 6.06. The Kier molecular flexibility index (Phi) is 4.98. The first kappa shape index (κ1) is 17.6. The molecule has 0 bridgehead atoms. The van der Waals surface area contributed by atoms with Crippen LogP contribution in [0.25, 0.3) is 16.9 Å². The third-order valence-corrected chi connectivity index (χ3v) is 4.24. The van der Waals surface area contributed by atoms with E-state index in [2.05, 4.69) is 71.2 Å². The molecule has 0 fully saturated rings. The zero-order valence-corrected chi connectivity index (χ0v) is 15.4. The van der Waals surface area contributed by atoms with E-state index in [1.54, 1.807) is 0 Å². The van der Waals surface area contributed by atoms with E-state index < -0.39 is 0 Å². The topological polar surface area (TPSA) is 68.0 Å². The van der Waals surface area contributed by atoms with E-state index in [0.717, 1.165) is 34.7 Å². The molecule has 0 spiro atoms. The predicted octanol–water partition coefficient (Wildman–Crippen LogP) is 4.14. The first-order valence-corrected chi connectivity index (χ1v) is 8.59. The molecule has 0 saturated heterocycles. The van der Waals surface area contributed by atoms with Crippen molar-refractivity contribution in [2.24, 2.45) is 15.7 Å². The van der Waals surface area contributed by atoms with Crippen molar-refractivity contribution in [1.29, 1.82) is 0 Å². The Hall–Kier alpha value is -3.21. The third kappa shape index (κ3) is 3.57. The Bertz CT molecular complexity index is 1010. The zero-order chi connectivity index (χ0) is 18.7. The van der Waals surface area contributed by atoms with E-state index in [9.17, 15) is 0 Å². The number of nitrogens with two attached hydrogens (primary N) is 1. The van der Waals surface area contributed by atoms with Crippen LogP contribution < -0.4 is 5.73 Å². The monoisotopic (exact) mass is 345 g/mol. The molecule has 0 amide bonds. The lowest BCUT2D eigenvalue weighted by Gasteiger charge is -2.05. The molecule has 0 unspecified atom stereocenters. The lowest BCUT2D eigenvalue weighted by Crippen LogP contribution is -2.03. The van der Waals surface area contributed by atoms with Gasteiger partial charge in [-0.3, -0.25) is 4.40 Å². The summed E-state index contributed by atoms with van der Waals surface area (Å²) in [6.07, 6.45) is 4.44. The summed E-state index contributed by atoms with van der Waals surface area (Å²) in [4.78, 5) is 13.2. The molecule has 0 aliphatic rings. The second-order valence-electron chi connectivity index (χ2n) is 6.24. The molecule has 0 aliphatic carbocycles. The van der Waals surface area contributed by atoms with Crippen molar-refractivity contribution in [2.75, 3.05) is 0 Å². The maximum Gasteiger partial charge on any atom is 0.138 e. The van der Waals surface area contributed by atoms with Gasteiger partial charge in [0.25, 0.3) is 0 Å². The third-order valence-electron chi connectivity index (χ3n) is 4.24. The minimum atomic E-state index is 0.228. The predicted molar refractivity (Wildman–Crippen MR) is 109 cm³/mol. The largest absolute Gasteiger partial charge is 0.384 e. The SMILES string of the molecule is C=C(N)/N=C\N=C(C)c1c(-c2ccc(C)cc2)nc2cc(CC)ccn12. The summed E-state index contributed by atoms with van der Waals surface area (Å²) >= 11 is 0. The number of aliphatic imine (C=N–C) groups is 2. The van der Waals surface area contributed by atoms with E-state index in [1.807, 2.05) is 13.1 Å². The molecule has 3 aromatic rings. The van der Waals surface area contributed by atoms with Crippen molar-refractivity contribution in [3.05, 3.63) is 71.8 Å². The summed E-state index contributed by atoms with van der Waals surface area (Å²) < 4.78 is 2.07. The lowest BCUT2D eigenvalue weighted by atomic mass is 10.1. The number of imidazole rings is 1. The number of hydrogen-bond donors (Lipinski definition) is 1. The van der Waals surface area contributed by atoms with Gasteiger partial charge in [-0.05, 0) is 38.0 Å². The van der Waals surface area contributed by atoms with Gasteiger partial charge in [0.15, 0.2) is 0 Å². The number of aromatic nitrogens is 2. The summed E-state index contributed by atoms with van der Waals surface area (Å²) in [5.74, 6) is 0.228. The molecule has 5 heteroatoms. The summed E-state index contributed by atoms with van der Waals surface area (Å²) in [5, 5.41) is 0. The summed E-state index contributed by atoms with van der Waals surface area (Å²) in [7, 11) is 0. The molecule has 0 radical (unpaired) electrons. The highest BCUT2D eigenvalue weighted by atomic mass is 15.0. The van der Waals surface area contributed by atoms with E-state index in [1.165, 1.54) is 17.5 Å². The highest BCUT2D eigenvalue weighted by Gasteiger charge is 2.16. The molecule has 1 aromatic carbocycles. The van der Waals surface area contributed by atoms with Crippen LogP contribution >= 0.6 is 0 Å². The van der Waals surface area contributed by atoms with Crippen LogP contribution in [0.5, 0.6) is 0 Å². The molecular weight excluding hydrogens is 322 g/mol. The first-order chi connectivity index (χ1) is 12.5. The lowest BCUT2D eigenvalue weighted by molar-refractivity contribution is 1.09. The van der Waals surface area contributed by atoms with Crippen LogP contribution in [0.2, 0.25) is 0 Å².